The minimum atomic E-state index is 0. The third-order valence-electron chi connectivity index (χ3n) is 5.18. The van der Waals surface area contributed by atoms with Gasteiger partial charge in [-0.25, -0.2) is 0 Å². The molecule has 0 atom stereocenters. The molecule has 0 aliphatic heterocycles. The molecule has 0 spiro atoms. The number of hydrogen-bond donors (Lipinski definition) is 0. The van der Waals surface area contributed by atoms with Crippen LogP contribution in [0.25, 0.3) is 33.4 Å². The summed E-state index contributed by atoms with van der Waals surface area (Å²) in [6, 6.07) is 33.5. The van der Waals surface area contributed by atoms with Crippen molar-refractivity contribution in [2.75, 3.05) is 0 Å². The molecular formula is C27H23Y-. The molecule has 0 aliphatic rings. The maximum Gasteiger partial charge on any atom is 0 e. The topological polar surface area (TPSA) is 0 Å². The molecule has 0 aliphatic carbocycles. The van der Waals surface area contributed by atoms with Gasteiger partial charge in [0.1, 0.15) is 0 Å². The Morgan fingerprint density at radius 3 is 1.61 bits per heavy atom. The Kier molecular flexibility index (Phi) is 6.65. The summed E-state index contributed by atoms with van der Waals surface area (Å²) in [5.41, 5.74) is 11.5. The van der Waals surface area contributed by atoms with E-state index in [1.807, 2.05) is 12.1 Å². The molecule has 0 saturated carbocycles. The molecule has 1 radical (unpaired) electrons. The standard InChI is InChI=1S/C27H23.Y/c1-19-9-11-23(12-10-19)26-16-14-25(18-21(26)3)27-15-13-24(17-20(27)2)22-7-5-4-6-8-22;/h5-18H,1-3H3;/q-1;. The largest absolute Gasteiger partial charge is 0.184 e. The van der Waals surface area contributed by atoms with Crippen LogP contribution in [0.1, 0.15) is 16.7 Å². The van der Waals surface area contributed by atoms with E-state index in [-0.39, 0.29) is 32.7 Å². The Morgan fingerprint density at radius 1 is 0.500 bits per heavy atom. The molecule has 4 aromatic rings. The van der Waals surface area contributed by atoms with Crippen LogP contribution in [0.4, 0.5) is 0 Å². The van der Waals surface area contributed by atoms with Crippen LogP contribution in [0.15, 0.2) is 84.9 Å². The van der Waals surface area contributed by atoms with Crippen molar-refractivity contribution in [3.05, 3.63) is 108 Å². The predicted octanol–water partition coefficient (Wildman–Crippen LogP) is 7.41. The number of hydrogen-bond acceptors (Lipinski definition) is 0. The van der Waals surface area contributed by atoms with Crippen LogP contribution < -0.4 is 0 Å². The molecule has 0 N–H and O–H groups in total. The van der Waals surface area contributed by atoms with E-state index >= 15 is 0 Å². The summed E-state index contributed by atoms with van der Waals surface area (Å²) in [4.78, 5) is 0. The van der Waals surface area contributed by atoms with E-state index < -0.39 is 0 Å². The number of aryl methyl sites for hydroxylation is 3. The molecule has 0 aromatic heterocycles. The monoisotopic (exact) mass is 436 g/mol. The molecule has 0 amide bonds. The smallest absolute Gasteiger partial charge is 0 e. The van der Waals surface area contributed by atoms with Crippen molar-refractivity contribution in [1.29, 1.82) is 0 Å². The van der Waals surface area contributed by atoms with Gasteiger partial charge in [-0.15, -0.1) is 5.56 Å². The summed E-state index contributed by atoms with van der Waals surface area (Å²) < 4.78 is 0. The van der Waals surface area contributed by atoms with Gasteiger partial charge >= 0.3 is 0 Å². The third-order valence-corrected chi connectivity index (χ3v) is 5.18. The van der Waals surface area contributed by atoms with Crippen molar-refractivity contribution in [1.82, 2.24) is 0 Å². The van der Waals surface area contributed by atoms with Crippen LogP contribution in [0.3, 0.4) is 0 Å². The maximum atomic E-state index is 3.08. The second kappa shape index (κ2) is 8.99. The van der Waals surface area contributed by atoms with Crippen molar-refractivity contribution >= 4 is 0 Å². The van der Waals surface area contributed by atoms with Crippen LogP contribution in [-0.4, -0.2) is 0 Å². The number of rotatable bonds is 3. The van der Waals surface area contributed by atoms with Crippen molar-refractivity contribution < 1.29 is 32.7 Å². The Hall–Kier alpha value is -2.02. The van der Waals surface area contributed by atoms with Gasteiger partial charge in [-0.3, -0.25) is 0 Å². The molecule has 0 saturated heterocycles. The molecule has 135 valence electrons. The molecule has 0 heterocycles. The Balaban J connectivity index is 0.00000225. The average Bonchev–Trinajstić information content (AvgIpc) is 2.69. The zero-order valence-electron chi connectivity index (χ0n) is 16.7. The quantitative estimate of drug-likeness (QED) is 0.293. The summed E-state index contributed by atoms with van der Waals surface area (Å²) in [7, 11) is 0. The van der Waals surface area contributed by atoms with Gasteiger partial charge in [0.05, 0.1) is 0 Å². The Morgan fingerprint density at radius 2 is 1.00 bits per heavy atom. The van der Waals surface area contributed by atoms with Crippen molar-refractivity contribution in [3.8, 4) is 33.4 Å². The molecule has 0 fully saturated rings. The SMILES string of the molecule is Cc1ccc(-c2ccc(-c3ccc(-c4cc[c-]cc4)cc3C)cc2C)cc1.[Y]. The van der Waals surface area contributed by atoms with Crippen LogP contribution in [-0.2, 0) is 32.7 Å². The van der Waals surface area contributed by atoms with E-state index in [0.29, 0.717) is 0 Å². The molecule has 1 heteroatoms. The van der Waals surface area contributed by atoms with E-state index in [1.165, 1.54) is 50.1 Å². The summed E-state index contributed by atoms with van der Waals surface area (Å²) in [5, 5.41) is 0. The third kappa shape index (κ3) is 4.35. The second-order valence-electron chi connectivity index (χ2n) is 7.21. The summed E-state index contributed by atoms with van der Waals surface area (Å²) in [5.74, 6) is 0. The molecule has 0 nitrogen and oxygen atoms in total. The van der Waals surface area contributed by atoms with Gasteiger partial charge < -0.3 is 0 Å². The van der Waals surface area contributed by atoms with Crippen LogP contribution in [0, 0.1) is 26.8 Å². The van der Waals surface area contributed by atoms with E-state index in [0.717, 1.165) is 0 Å². The van der Waals surface area contributed by atoms with E-state index in [1.54, 1.807) is 0 Å². The van der Waals surface area contributed by atoms with E-state index in [4.69, 9.17) is 0 Å². The van der Waals surface area contributed by atoms with Gasteiger partial charge in [-0.2, -0.15) is 30.3 Å². The summed E-state index contributed by atoms with van der Waals surface area (Å²) in [6.45, 7) is 6.51. The fourth-order valence-corrected chi connectivity index (χ4v) is 3.63. The minimum Gasteiger partial charge on any atom is -0.184 e. The Bertz CT molecular complexity index is 1080. The molecule has 0 bridgehead atoms. The molecular weight excluding hydrogens is 413 g/mol. The van der Waals surface area contributed by atoms with Crippen LogP contribution in [0.5, 0.6) is 0 Å². The van der Waals surface area contributed by atoms with Gasteiger partial charge in [0.15, 0.2) is 0 Å². The first-order valence-corrected chi connectivity index (χ1v) is 9.37. The summed E-state index contributed by atoms with van der Waals surface area (Å²) >= 11 is 0. The van der Waals surface area contributed by atoms with Gasteiger partial charge in [0, 0.05) is 32.7 Å². The van der Waals surface area contributed by atoms with Gasteiger partial charge in [0.25, 0.3) is 0 Å². The van der Waals surface area contributed by atoms with Crippen molar-refractivity contribution in [3.63, 3.8) is 0 Å². The molecule has 4 rings (SSSR count). The van der Waals surface area contributed by atoms with Gasteiger partial charge in [0.2, 0.25) is 0 Å². The van der Waals surface area contributed by atoms with Crippen LogP contribution >= 0.6 is 0 Å². The zero-order chi connectivity index (χ0) is 18.8. The minimum absolute atomic E-state index is 0. The fourth-order valence-electron chi connectivity index (χ4n) is 3.63. The zero-order valence-corrected chi connectivity index (χ0v) is 19.5. The van der Waals surface area contributed by atoms with E-state index in [2.05, 4.69) is 99.6 Å². The predicted molar refractivity (Wildman–Crippen MR) is 116 cm³/mol. The summed E-state index contributed by atoms with van der Waals surface area (Å²) in [6.07, 6.45) is 0. The first-order chi connectivity index (χ1) is 13.1. The first-order valence-electron chi connectivity index (χ1n) is 9.37. The van der Waals surface area contributed by atoms with Crippen molar-refractivity contribution in [2.45, 2.75) is 20.8 Å². The van der Waals surface area contributed by atoms with E-state index in [9.17, 15) is 0 Å². The molecule has 0 unspecified atom stereocenters. The normalized spacial score (nSPS) is 10.4. The Labute approximate surface area is 193 Å². The number of benzene rings is 4. The first kappa shape index (κ1) is 20.7. The van der Waals surface area contributed by atoms with Crippen molar-refractivity contribution in [2.24, 2.45) is 0 Å². The fraction of sp³-hybridized carbons (Fsp3) is 0.111. The average molecular weight is 436 g/mol. The second-order valence-corrected chi connectivity index (χ2v) is 7.21. The molecule has 4 aromatic carbocycles. The molecule has 28 heavy (non-hydrogen) atoms. The van der Waals surface area contributed by atoms with Gasteiger partial charge in [-0.1, -0.05) is 66.2 Å². The maximum absolute atomic E-state index is 3.08. The van der Waals surface area contributed by atoms with Gasteiger partial charge in [-0.05, 0) is 59.7 Å². The van der Waals surface area contributed by atoms with Crippen LogP contribution in [0.2, 0.25) is 0 Å².